The van der Waals surface area contributed by atoms with Gasteiger partial charge in [0, 0.05) is 48.3 Å². The molecule has 0 saturated carbocycles. The van der Waals surface area contributed by atoms with E-state index in [-0.39, 0.29) is 24.5 Å². The van der Waals surface area contributed by atoms with Gasteiger partial charge in [0.25, 0.3) is 0 Å². The molecule has 0 spiro atoms. The van der Waals surface area contributed by atoms with E-state index in [1.165, 1.54) is 12.1 Å². The number of methoxy groups -OCH3 is 1. The van der Waals surface area contributed by atoms with Crippen molar-refractivity contribution in [2.75, 3.05) is 20.3 Å². The summed E-state index contributed by atoms with van der Waals surface area (Å²) in [5.41, 5.74) is 8.08. The van der Waals surface area contributed by atoms with Crippen LogP contribution in [0.15, 0.2) is 54.7 Å². The highest BCUT2D eigenvalue weighted by Crippen LogP contribution is 2.42. The average Bonchev–Trinajstić information content (AvgIpc) is 3.36. The highest BCUT2D eigenvalue weighted by atomic mass is 19.4. The van der Waals surface area contributed by atoms with E-state index < -0.39 is 41.8 Å². The molecular weight excluding hydrogens is 637 g/mol. The molecule has 4 heterocycles. The van der Waals surface area contributed by atoms with E-state index >= 15 is 0 Å². The predicted octanol–water partition coefficient (Wildman–Crippen LogP) is 6.58. The van der Waals surface area contributed by atoms with Crippen molar-refractivity contribution in [3.05, 3.63) is 71.5 Å². The lowest BCUT2D eigenvalue weighted by Gasteiger charge is -2.36. The van der Waals surface area contributed by atoms with Crippen molar-refractivity contribution >= 4 is 22.8 Å². The van der Waals surface area contributed by atoms with Crippen LogP contribution in [0.5, 0.6) is 5.75 Å². The van der Waals surface area contributed by atoms with Gasteiger partial charge in [0.2, 0.25) is 5.91 Å². The SMILES string of the molecule is CCn1c(-c2cccnc2COC)c2c3cc(ccc31)-c1cc(O)cc(c1)C[C@H](C(F)(F)F)C(=O)N1CCC[C@H](N1)C(=O)OCC(C)(C)C2. The first-order valence-electron chi connectivity index (χ1n) is 16.5. The molecule has 2 N–H and O–H groups in total. The van der Waals surface area contributed by atoms with Crippen LogP contribution in [0.2, 0.25) is 0 Å². The molecule has 0 unspecified atom stereocenters. The molecule has 0 radical (unpaired) electrons. The number of nitrogens with zero attached hydrogens (tertiary/aromatic N) is 3. The minimum Gasteiger partial charge on any atom is -0.508 e. The molecule has 2 atom stereocenters. The summed E-state index contributed by atoms with van der Waals surface area (Å²) >= 11 is 0. The number of pyridine rings is 1. The van der Waals surface area contributed by atoms with E-state index in [0.29, 0.717) is 43.5 Å². The molecule has 1 fully saturated rings. The van der Waals surface area contributed by atoms with Gasteiger partial charge >= 0.3 is 12.1 Å². The maximum atomic E-state index is 14.5. The Morgan fingerprint density at radius 1 is 1.12 bits per heavy atom. The lowest BCUT2D eigenvalue weighted by Crippen LogP contribution is -2.58. The number of aromatic nitrogens is 2. The summed E-state index contributed by atoms with van der Waals surface area (Å²) in [6.45, 7) is 7.05. The Balaban J connectivity index is 1.57. The molecule has 2 aliphatic rings. The second-order valence-corrected chi connectivity index (χ2v) is 13.7. The molecule has 0 aliphatic carbocycles. The molecule has 12 heteroatoms. The van der Waals surface area contributed by atoms with Gasteiger partial charge in [-0.25, -0.2) is 5.43 Å². The number of hydrazine groups is 1. The minimum absolute atomic E-state index is 0.0192. The lowest BCUT2D eigenvalue weighted by atomic mass is 9.84. The zero-order valence-corrected chi connectivity index (χ0v) is 28.1. The maximum Gasteiger partial charge on any atom is 0.400 e. The van der Waals surface area contributed by atoms with Crippen LogP contribution in [0.25, 0.3) is 33.3 Å². The standard InChI is InChI=1S/C37H41F3N4O5/c1-5-43-32-11-10-23-18-27(32)28(33(43)26-8-6-12-41-31(26)20-48-4)19-36(2,3)21-49-35(47)30-9-7-13-44(42-30)34(46)29(37(38,39)40)16-22-14-24(23)17-25(45)15-22/h6,8,10-12,14-15,17-18,29-30,42,45H,5,7,9,13,16,19-21H2,1-4H3/t29-,30-/m0/s1. The number of amides is 1. The quantitative estimate of drug-likeness (QED) is 0.235. The predicted molar refractivity (Wildman–Crippen MR) is 178 cm³/mol. The number of carbonyl (C=O) groups excluding carboxylic acids is 2. The molecule has 2 aromatic carbocycles. The Morgan fingerprint density at radius 3 is 2.65 bits per heavy atom. The number of phenols is 1. The van der Waals surface area contributed by atoms with Crippen LogP contribution < -0.4 is 5.43 Å². The normalized spacial score (nSPS) is 20.3. The molecule has 260 valence electrons. The first-order chi connectivity index (χ1) is 23.3. The van der Waals surface area contributed by atoms with Crippen molar-refractivity contribution in [2.45, 2.75) is 71.8 Å². The Kier molecular flexibility index (Phi) is 9.47. The van der Waals surface area contributed by atoms with Crippen molar-refractivity contribution in [3.8, 4) is 28.1 Å². The summed E-state index contributed by atoms with van der Waals surface area (Å²) in [7, 11) is 1.62. The number of halogens is 3. The van der Waals surface area contributed by atoms with Crippen LogP contribution in [0, 0.1) is 11.3 Å². The average molecular weight is 679 g/mol. The number of hydrogen-bond acceptors (Lipinski definition) is 7. The van der Waals surface area contributed by atoms with Crippen molar-refractivity contribution in [2.24, 2.45) is 11.3 Å². The van der Waals surface area contributed by atoms with Gasteiger partial charge in [-0.1, -0.05) is 26.0 Å². The van der Waals surface area contributed by atoms with Crippen molar-refractivity contribution in [3.63, 3.8) is 0 Å². The third-order valence-corrected chi connectivity index (χ3v) is 9.35. The summed E-state index contributed by atoms with van der Waals surface area (Å²) in [6, 6.07) is 13.1. The monoisotopic (exact) mass is 678 g/mol. The second kappa shape index (κ2) is 13.5. The van der Waals surface area contributed by atoms with Crippen LogP contribution in [0.1, 0.15) is 50.4 Å². The zero-order chi connectivity index (χ0) is 35.1. The molecule has 2 aliphatic heterocycles. The third-order valence-electron chi connectivity index (χ3n) is 9.35. The van der Waals surface area contributed by atoms with Crippen LogP contribution in [-0.2, 0) is 45.1 Å². The first kappa shape index (κ1) is 34.4. The van der Waals surface area contributed by atoms with Crippen LogP contribution in [0.3, 0.4) is 0 Å². The number of aryl methyl sites for hydroxylation is 1. The number of rotatable bonds is 4. The Labute approximate surface area is 283 Å². The first-order valence-corrected chi connectivity index (χ1v) is 16.5. The van der Waals surface area contributed by atoms with Gasteiger partial charge in [-0.15, -0.1) is 0 Å². The largest absolute Gasteiger partial charge is 0.508 e. The molecule has 2 aromatic heterocycles. The molecule has 49 heavy (non-hydrogen) atoms. The lowest BCUT2D eigenvalue weighted by molar-refractivity contribution is -0.192. The number of fused-ring (bicyclic) bond motifs is 6. The number of aromatic hydroxyl groups is 1. The third kappa shape index (κ3) is 7.02. The number of ether oxygens (including phenoxy) is 2. The Hall–Kier alpha value is -4.42. The summed E-state index contributed by atoms with van der Waals surface area (Å²) in [4.78, 5) is 31.3. The number of nitrogens with one attached hydrogen (secondary N) is 1. The molecular formula is C37H41F3N4O5. The number of phenolic OH excluding ortho intramolecular Hbond substituents is 1. The van der Waals surface area contributed by atoms with Gasteiger partial charge in [-0.05, 0) is 91.3 Å². The van der Waals surface area contributed by atoms with Gasteiger partial charge in [-0.3, -0.25) is 19.6 Å². The number of hydrogen-bond donors (Lipinski definition) is 2. The fraction of sp³-hybridized carbons (Fsp3) is 0.432. The summed E-state index contributed by atoms with van der Waals surface area (Å²) in [6.07, 6.45) is -2.68. The van der Waals surface area contributed by atoms with Crippen molar-refractivity contribution in [1.29, 1.82) is 0 Å². The smallest absolute Gasteiger partial charge is 0.400 e. The number of alkyl halides is 3. The summed E-state index contributed by atoms with van der Waals surface area (Å²) in [5, 5.41) is 12.6. The molecule has 6 rings (SSSR count). The summed E-state index contributed by atoms with van der Waals surface area (Å²) < 4.78 is 57.0. The topological polar surface area (TPSA) is 106 Å². The van der Waals surface area contributed by atoms with E-state index in [0.717, 1.165) is 38.4 Å². The number of benzene rings is 2. The van der Waals surface area contributed by atoms with E-state index in [4.69, 9.17) is 9.47 Å². The Bertz CT molecular complexity index is 1890. The van der Waals surface area contributed by atoms with Gasteiger partial charge in [-0.2, -0.15) is 13.2 Å². The molecule has 1 saturated heterocycles. The Morgan fingerprint density at radius 2 is 1.92 bits per heavy atom. The second-order valence-electron chi connectivity index (χ2n) is 13.7. The van der Waals surface area contributed by atoms with E-state index in [9.17, 15) is 27.9 Å². The van der Waals surface area contributed by atoms with Crippen LogP contribution >= 0.6 is 0 Å². The van der Waals surface area contributed by atoms with E-state index in [1.807, 2.05) is 44.2 Å². The minimum atomic E-state index is -4.87. The molecule has 4 aromatic rings. The van der Waals surface area contributed by atoms with Gasteiger partial charge in [0.05, 0.1) is 24.6 Å². The van der Waals surface area contributed by atoms with Gasteiger partial charge in [0.1, 0.15) is 17.7 Å². The molecule has 9 nitrogen and oxygen atoms in total. The highest BCUT2D eigenvalue weighted by Gasteiger charge is 2.47. The number of cyclic esters (lactones) is 1. The van der Waals surface area contributed by atoms with Crippen molar-refractivity contribution < 1.29 is 37.3 Å². The summed E-state index contributed by atoms with van der Waals surface area (Å²) in [5.74, 6) is -4.40. The maximum absolute atomic E-state index is 14.5. The number of carbonyl (C=O) groups is 2. The molecule has 1 amide bonds. The van der Waals surface area contributed by atoms with Gasteiger partial charge in [0.15, 0.2) is 0 Å². The fourth-order valence-electron chi connectivity index (χ4n) is 7.06. The van der Waals surface area contributed by atoms with Crippen LogP contribution in [-0.4, -0.2) is 64.0 Å². The fourth-order valence-corrected chi connectivity index (χ4v) is 7.06. The van der Waals surface area contributed by atoms with Gasteiger partial charge < -0.3 is 19.1 Å². The van der Waals surface area contributed by atoms with E-state index in [2.05, 4.69) is 21.9 Å². The van der Waals surface area contributed by atoms with E-state index in [1.54, 1.807) is 19.4 Å². The highest BCUT2D eigenvalue weighted by molar-refractivity contribution is 5.95. The molecule has 6 bridgehead atoms. The van der Waals surface area contributed by atoms with Crippen molar-refractivity contribution in [1.82, 2.24) is 20.0 Å². The zero-order valence-electron chi connectivity index (χ0n) is 28.1. The number of esters is 1. The van der Waals surface area contributed by atoms with Crippen LogP contribution in [0.4, 0.5) is 13.2 Å².